The van der Waals surface area contributed by atoms with Gasteiger partial charge in [0.2, 0.25) is 10.0 Å². The van der Waals surface area contributed by atoms with Crippen LogP contribution in [0.2, 0.25) is 0 Å². The number of halogens is 5. The van der Waals surface area contributed by atoms with E-state index in [0.717, 1.165) is 12.8 Å². The fourth-order valence-electron chi connectivity index (χ4n) is 2.63. The predicted molar refractivity (Wildman–Crippen MR) is 79.2 cm³/mol. The molecule has 1 aliphatic rings. The van der Waals surface area contributed by atoms with Crippen LogP contribution in [0.25, 0.3) is 0 Å². The summed E-state index contributed by atoms with van der Waals surface area (Å²) in [6, 6.07) is 1.31. The van der Waals surface area contributed by atoms with E-state index in [0.29, 0.717) is 31.0 Å². The minimum atomic E-state index is -4.75. The molecule has 1 aromatic carbocycles. The molecule has 10 heteroatoms. The highest BCUT2D eigenvalue weighted by molar-refractivity contribution is 7.89. The van der Waals surface area contributed by atoms with Gasteiger partial charge >= 0.3 is 6.18 Å². The van der Waals surface area contributed by atoms with E-state index >= 15 is 0 Å². The van der Waals surface area contributed by atoms with Crippen LogP contribution >= 0.6 is 12.4 Å². The Kier molecular flexibility index (Phi) is 6.06. The zero-order valence-corrected chi connectivity index (χ0v) is 13.6. The normalized spacial score (nSPS) is 17.8. The maximum absolute atomic E-state index is 13.7. The fourth-order valence-corrected chi connectivity index (χ4v) is 4.20. The van der Waals surface area contributed by atoms with E-state index in [1.54, 1.807) is 0 Å². The van der Waals surface area contributed by atoms with Gasteiger partial charge in [0.1, 0.15) is 10.7 Å². The van der Waals surface area contributed by atoms with E-state index < -0.39 is 38.0 Å². The van der Waals surface area contributed by atoms with Crippen LogP contribution < -0.4 is 10.5 Å². The van der Waals surface area contributed by atoms with Crippen molar-refractivity contribution in [2.75, 3.05) is 6.54 Å². The molecule has 132 valence electrons. The molecule has 3 N–H and O–H groups in total. The predicted octanol–water partition coefficient (Wildman–Crippen LogP) is 2.82. The van der Waals surface area contributed by atoms with E-state index in [1.807, 2.05) is 0 Å². The highest BCUT2D eigenvalue weighted by atomic mass is 35.5. The molecule has 4 nitrogen and oxygen atoms in total. The lowest BCUT2D eigenvalue weighted by molar-refractivity contribution is -0.137. The number of alkyl halides is 3. The lowest BCUT2D eigenvalue weighted by Gasteiger charge is -2.28. The van der Waals surface area contributed by atoms with Gasteiger partial charge in [-0.15, -0.1) is 12.4 Å². The summed E-state index contributed by atoms with van der Waals surface area (Å²) in [6.45, 7) is 0.00676. The molecular weight excluding hydrogens is 360 g/mol. The Labute approximate surface area is 137 Å². The molecule has 0 spiro atoms. The van der Waals surface area contributed by atoms with Crippen molar-refractivity contribution in [1.29, 1.82) is 0 Å². The Bertz CT molecular complexity index is 658. The SMILES string of the molecule is Cl.NCC1(NS(=O)(=O)c2cc(C(F)(F)F)ccc2F)CCCC1. The van der Waals surface area contributed by atoms with Crippen molar-refractivity contribution in [3.8, 4) is 0 Å². The third kappa shape index (κ3) is 4.34. The molecule has 23 heavy (non-hydrogen) atoms. The molecule has 1 aromatic rings. The maximum atomic E-state index is 13.7. The van der Waals surface area contributed by atoms with Crippen molar-refractivity contribution in [3.63, 3.8) is 0 Å². The molecule has 2 rings (SSSR count). The van der Waals surface area contributed by atoms with Crippen molar-refractivity contribution >= 4 is 22.4 Å². The van der Waals surface area contributed by atoms with Gasteiger partial charge in [0, 0.05) is 12.1 Å². The quantitative estimate of drug-likeness (QED) is 0.794. The molecule has 0 amide bonds. The average molecular weight is 377 g/mol. The summed E-state index contributed by atoms with van der Waals surface area (Å²) in [4.78, 5) is -1.01. The molecular formula is C13H17ClF4N2O2S. The van der Waals surface area contributed by atoms with Gasteiger partial charge in [-0.2, -0.15) is 13.2 Å². The van der Waals surface area contributed by atoms with Crippen LogP contribution in [0.15, 0.2) is 23.1 Å². The van der Waals surface area contributed by atoms with E-state index in [4.69, 9.17) is 5.73 Å². The van der Waals surface area contributed by atoms with Crippen molar-refractivity contribution in [2.24, 2.45) is 5.73 Å². The largest absolute Gasteiger partial charge is 0.416 e. The van der Waals surface area contributed by atoms with Gasteiger partial charge < -0.3 is 5.73 Å². The topological polar surface area (TPSA) is 72.2 Å². The Balaban J connectivity index is 0.00000264. The van der Waals surface area contributed by atoms with Crippen LogP contribution in [0.3, 0.4) is 0 Å². The second-order valence-corrected chi connectivity index (χ2v) is 7.09. The molecule has 1 saturated carbocycles. The van der Waals surface area contributed by atoms with Gasteiger partial charge in [-0.25, -0.2) is 17.5 Å². The number of rotatable bonds is 4. The highest BCUT2D eigenvalue weighted by Gasteiger charge is 2.39. The summed E-state index contributed by atoms with van der Waals surface area (Å²) in [7, 11) is -4.43. The van der Waals surface area contributed by atoms with Crippen LogP contribution in [0.4, 0.5) is 17.6 Å². The van der Waals surface area contributed by atoms with Crippen LogP contribution in [0, 0.1) is 5.82 Å². The van der Waals surface area contributed by atoms with E-state index in [1.165, 1.54) is 0 Å². The van der Waals surface area contributed by atoms with Crippen LogP contribution in [0.1, 0.15) is 31.2 Å². The smallest absolute Gasteiger partial charge is 0.329 e. The molecule has 0 saturated heterocycles. The molecule has 1 aliphatic carbocycles. The van der Waals surface area contributed by atoms with Gasteiger partial charge in [0.05, 0.1) is 5.56 Å². The Morgan fingerprint density at radius 3 is 2.26 bits per heavy atom. The number of hydrogen-bond acceptors (Lipinski definition) is 3. The second kappa shape index (κ2) is 6.92. The summed E-state index contributed by atoms with van der Waals surface area (Å²) in [5, 5.41) is 0. The zero-order chi connectivity index (χ0) is 16.6. The number of nitrogens with two attached hydrogens (primary N) is 1. The van der Waals surface area contributed by atoms with Crippen LogP contribution in [0.5, 0.6) is 0 Å². The number of benzene rings is 1. The molecule has 0 atom stereocenters. The first-order chi connectivity index (χ1) is 10.1. The van der Waals surface area contributed by atoms with Gasteiger partial charge in [-0.1, -0.05) is 12.8 Å². The molecule has 0 radical (unpaired) electrons. The third-order valence-corrected chi connectivity index (χ3v) is 5.44. The first-order valence-electron chi connectivity index (χ1n) is 6.70. The maximum Gasteiger partial charge on any atom is 0.416 e. The Hall–Kier alpha value is -0.900. The molecule has 0 unspecified atom stereocenters. The first kappa shape index (κ1) is 20.1. The summed E-state index contributed by atoms with van der Waals surface area (Å²) < 4.78 is 78.6. The highest BCUT2D eigenvalue weighted by Crippen LogP contribution is 2.33. The minimum Gasteiger partial charge on any atom is -0.329 e. The van der Waals surface area contributed by atoms with Gasteiger partial charge in [0.15, 0.2) is 0 Å². The van der Waals surface area contributed by atoms with Crippen molar-refractivity contribution in [2.45, 2.75) is 42.3 Å². The van der Waals surface area contributed by atoms with Gasteiger partial charge in [-0.05, 0) is 31.0 Å². The Morgan fingerprint density at radius 2 is 1.78 bits per heavy atom. The molecule has 0 heterocycles. The van der Waals surface area contributed by atoms with Crippen molar-refractivity contribution in [1.82, 2.24) is 4.72 Å². The molecule has 1 fully saturated rings. The standard InChI is InChI=1S/C13H16F4N2O2S.ClH/c14-10-4-3-9(13(15,16)17)7-11(10)22(20,21)19-12(8-18)5-1-2-6-12;/h3-4,7,19H,1-2,5-6,8,18H2;1H. The number of nitrogens with one attached hydrogen (secondary N) is 1. The summed E-state index contributed by atoms with van der Waals surface area (Å²) >= 11 is 0. The summed E-state index contributed by atoms with van der Waals surface area (Å²) in [5.74, 6) is -1.23. The first-order valence-corrected chi connectivity index (χ1v) is 8.19. The minimum absolute atomic E-state index is 0. The van der Waals surface area contributed by atoms with Crippen molar-refractivity contribution < 1.29 is 26.0 Å². The lowest BCUT2D eigenvalue weighted by atomic mass is 10.0. The fraction of sp³-hybridized carbons (Fsp3) is 0.538. The van der Waals surface area contributed by atoms with Crippen LogP contribution in [-0.4, -0.2) is 20.5 Å². The Morgan fingerprint density at radius 1 is 1.22 bits per heavy atom. The van der Waals surface area contributed by atoms with Crippen molar-refractivity contribution in [3.05, 3.63) is 29.6 Å². The molecule has 0 aromatic heterocycles. The van der Waals surface area contributed by atoms with E-state index in [9.17, 15) is 26.0 Å². The second-order valence-electron chi connectivity index (χ2n) is 5.44. The average Bonchev–Trinajstić information content (AvgIpc) is 2.86. The number of sulfonamides is 1. The zero-order valence-electron chi connectivity index (χ0n) is 12.0. The number of hydrogen-bond donors (Lipinski definition) is 2. The summed E-state index contributed by atoms with van der Waals surface area (Å²) in [6.07, 6.45) is -2.29. The summed E-state index contributed by atoms with van der Waals surface area (Å²) in [5.41, 5.74) is 3.45. The molecule has 0 aliphatic heterocycles. The van der Waals surface area contributed by atoms with Gasteiger partial charge in [0.25, 0.3) is 0 Å². The lowest BCUT2D eigenvalue weighted by Crippen LogP contribution is -2.51. The molecule has 0 bridgehead atoms. The van der Waals surface area contributed by atoms with E-state index in [-0.39, 0.29) is 19.0 Å². The monoisotopic (exact) mass is 376 g/mol. The third-order valence-electron chi connectivity index (χ3n) is 3.85. The van der Waals surface area contributed by atoms with Crippen LogP contribution in [-0.2, 0) is 16.2 Å². The van der Waals surface area contributed by atoms with E-state index in [2.05, 4.69) is 4.72 Å². The van der Waals surface area contributed by atoms with Gasteiger partial charge in [-0.3, -0.25) is 0 Å².